The van der Waals surface area contributed by atoms with Crippen LogP contribution in [0.4, 0.5) is 0 Å². The Morgan fingerprint density at radius 2 is 1.87 bits per heavy atom. The highest BCUT2D eigenvalue weighted by Gasteiger charge is 2.61. The Morgan fingerprint density at radius 1 is 1.23 bits per heavy atom. The molecule has 30 heavy (non-hydrogen) atoms. The quantitative estimate of drug-likeness (QED) is 0.134. The van der Waals surface area contributed by atoms with Crippen LogP contribution in [-0.2, 0) is 28.7 Å². The standard InChI is InChI=1S/C22H30N2O6/c1-6-15-18(22(15,4)5)17(30-12(3)25)11-16(26)13-9-8-10-14(13)20(27)19(24-23)21(28)29-7-2/h6,13-15,17-18H,1,7-11H2,2-5H3. The Labute approximate surface area is 176 Å². The fourth-order valence-electron chi connectivity index (χ4n) is 4.91. The van der Waals surface area contributed by atoms with Gasteiger partial charge < -0.3 is 15.0 Å². The van der Waals surface area contributed by atoms with E-state index in [4.69, 9.17) is 15.0 Å². The summed E-state index contributed by atoms with van der Waals surface area (Å²) in [4.78, 5) is 52.2. The van der Waals surface area contributed by atoms with E-state index in [1.807, 2.05) is 19.9 Å². The van der Waals surface area contributed by atoms with Gasteiger partial charge in [0.1, 0.15) is 11.9 Å². The second-order valence-corrected chi connectivity index (χ2v) is 8.60. The van der Waals surface area contributed by atoms with Crippen LogP contribution in [0.15, 0.2) is 12.7 Å². The van der Waals surface area contributed by atoms with Gasteiger partial charge in [0.15, 0.2) is 0 Å². The van der Waals surface area contributed by atoms with Crippen LogP contribution in [0.1, 0.15) is 53.4 Å². The molecule has 0 heterocycles. The predicted octanol–water partition coefficient (Wildman–Crippen LogP) is 2.55. The van der Waals surface area contributed by atoms with Crippen molar-refractivity contribution in [3.05, 3.63) is 18.2 Å². The fourth-order valence-corrected chi connectivity index (χ4v) is 4.91. The van der Waals surface area contributed by atoms with Gasteiger partial charge >= 0.3 is 17.7 Å². The van der Waals surface area contributed by atoms with Gasteiger partial charge in [-0.25, -0.2) is 4.79 Å². The SMILES string of the molecule is C=CC1C(C(CC(=O)C2CCCC2C(=O)C(=[N+]=[N-])C(=O)OCC)OC(C)=O)C1(C)C. The first-order chi connectivity index (χ1) is 14.1. The van der Waals surface area contributed by atoms with Crippen LogP contribution in [0.3, 0.4) is 0 Å². The van der Waals surface area contributed by atoms with Gasteiger partial charge in [0.25, 0.3) is 5.78 Å². The zero-order chi connectivity index (χ0) is 22.6. The second kappa shape index (κ2) is 9.47. The zero-order valence-corrected chi connectivity index (χ0v) is 18.1. The molecule has 0 amide bonds. The molecular weight excluding hydrogens is 388 g/mol. The number of ketones is 2. The minimum absolute atomic E-state index is 0.00251. The molecule has 0 N–H and O–H groups in total. The van der Waals surface area contributed by atoms with Crippen LogP contribution in [0.25, 0.3) is 5.53 Å². The molecule has 0 aromatic heterocycles. The van der Waals surface area contributed by atoms with Crippen LogP contribution in [-0.4, -0.2) is 46.7 Å². The number of hydrogen-bond donors (Lipinski definition) is 0. The number of carbonyl (C=O) groups excluding carboxylic acids is 4. The van der Waals surface area contributed by atoms with E-state index in [9.17, 15) is 19.2 Å². The summed E-state index contributed by atoms with van der Waals surface area (Å²) in [5.41, 5.74) is 8.31. The first kappa shape index (κ1) is 23.7. The van der Waals surface area contributed by atoms with Gasteiger partial charge in [-0.3, -0.25) is 14.4 Å². The van der Waals surface area contributed by atoms with Crippen molar-refractivity contribution in [3.63, 3.8) is 0 Å². The third-order valence-electron chi connectivity index (χ3n) is 6.44. The molecule has 0 aromatic carbocycles. The average molecular weight is 418 g/mol. The van der Waals surface area contributed by atoms with Gasteiger partial charge in [-0.1, -0.05) is 26.3 Å². The molecule has 0 radical (unpaired) electrons. The van der Waals surface area contributed by atoms with E-state index in [-0.39, 0.29) is 36.1 Å². The highest BCUT2D eigenvalue weighted by atomic mass is 16.5. The van der Waals surface area contributed by atoms with E-state index < -0.39 is 41.4 Å². The second-order valence-electron chi connectivity index (χ2n) is 8.60. The lowest BCUT2D eigenvalue weighted by Gasteiger charge is -2.21. The van der Waals surface area contributed by atoms with Gasteiger partial charge in [0.05, 0.1) is 6.61 Å². The van der Waals surface area contributed by atoms with Crippen LogP contribution in [0, 0.1) is 29.1 Å². The van der Waals surface area contributed by atoms with E-state index in [1.165, 1.54) is 6.92 Å². The third kappa shape index (κ3) is 4.75. The van der Waals surface area contributed by atoms with Gasteiger partial charge in [-0.15, -0.1) is 6.58 Å². The summed E-state index contributed by atoms with van der Waals surface area (Å²) < 4.78 is 10.2. The Balaban J connectivity index is 2.16. The first-order valence-electron chi connectivity index (χ1n) is 10.4. The molecule has 0 spiro atoms. The Kier molecular flexibility index (Phi) is 7.48. The van der Waals surface area contributed by atoms with Crippen LogP contribution < -0.4 is 0 Å². The number of hydrogen-bond acceptors (Lipinski definition) is 6. The van der Waals surface area contributed by atoms with Crippen molar-refractivity contribution in [1.82, 2.24) is 0 Å². The van der Waals surface area contributed by atoms with Crippen molar-refractivity contribution in [2.45, 2.75) is 59.5 Å². The Morgan fingerprint density at radius 3 is 2.37 bits per heavy atom. The molecule has 2 saturated carbocycles. The summed E-state index contributed by atoms with van der Waals surface area (Å²) in [5, 5.41) is 0. The number of esters is 2. The third-order valence-corrected chi connectivity index (χ3v) is 6.44. The highest BCUT2D eigenvalue weighted by Crippen LogP contribution is 2.61. The van der Waals surface area contributed by atoms with Crippen molar-refractivity contribution in [3.8, 4) is 0 Å². The maximum absolute atomic E-state index is 13.1. The lowest BCUT2D eigenvalue weighted by Crippen LogP contribution is -2.37. The maximum atomic E-state index is 13.1. The molecule has 164 valence electrons. The molecule has 0 bridgehead atoms. The van der Waals surface area contributed by atoms with Crippen molar-refractivity contribution >= 4 is 29.2 Å². The molecule has 2 rings (SSSR count). The summed E-state index contributed by atoms with van der Waals surface area (Å²) in [6.07, 6.45) is 2.75. The van der Waals surface area contributed by atoms with Crippen molar-refractivity contribution in [1.29, 1.82) is 0 Å². The van der Waals surface area contributed by atoms with Gasteiger partial charge in [0, 0.05) is 31.1 Å². The molecule has 2 aliphatic carbocycles. The number of rotatable bonds is 10. The number of ether oxygens (including phenoxy) is 2. The van der Waals surface area contributed by atoms with E-state index in [0.717, 1.165) is 0 Å². The van der Waals surface area contributed by atoms with Gasteiger partial charge in [-0.05, 0) is 31.1 Å². The summed E-state index contributed by atoms with van der Waals surface area (Å²) in [5.74, 6) is -3.61. The van der Waals surface area contributed by atoms with Crippen molar-refractivity contribution in [2.24, 2.45) is 29.1 Å². The highest BCUT2D eigenvalue weighted by molar-refractivity contribution is 6.62. The lowest BCUT2D eigenvalue weighted by atomic mass is 9.84. The molecule has 8 heteroatoms. The fraction of sp³-hybridized carbons (Fsp3) is 0.682. The molecule has 2 aliphatic rings. The summed E-state index contributed by atoms with van der Waals surface area (Å²) in [6.45, 7) is 10.8. The van der Waals surface area contributed by atoms with Crippen molar-refractivity contribution < 1.29 is 33.4 Å². The minimum atomic E-state index is -1.01. The van der Waals surface area contributed by atoms with Crippen LogP contribution >= 0.6 is 0 Å². The van der Waals surface area contributed by atoms with Crippen LogP contribution in [0.5, 0.6) is 0 Å². The largest absolute Gasteiger partial charge is 0.462 e. The molecule has 0 aromatic rings. The van der Waals surface area contributed by atoms with Crippen molar-refractivity contribution in [2.75, 3.05) is 6.61 Å². The summed E-state index contributed by atoms with van der Waals surface area (Å²) >= 11 is 0. The van der Waals surface area contributed by atoms with E-state index in [2.05, 4.69) is 11.4 Å². The van der Waals surface area contributed by atoms with Gasteiger partial charge in [-0.2, -0.15) is 4.79 Å². The number of nitrogens with zero attached hydrogens (tertiary/aromatic N) is 2. The monoisotopic (exact) mass is 418 g/mol. The molecule has 8 nitrogen and oxygen atoms in total. The summed E-state index contributed by atoms with van der Waals surface area (Å²) in [7, 11) is 0. The lowest BCUT2D eigenvalue weighted by molar-refractivity contribution is -0.150. The molecule has 0 saturated heterocycles. The zero-order valence-electron chi connectivity index (χ0n) is 18.1. The smallest absolute Gasteiger partial charge is 0.441 e. The topological polar surface area (TPSA) is 123 Å². The van der Waals surface area contributed by atoms with Crippen LogP contribution in [0.2, 0.25) is 0 Å². The van der Waals surface area contributed by atoms with Gasteiger partial charge in [0.2, 0.25) is 0 Å². The Hall–Kier alpha value is -2.60. The molecule has 2 fully saturated rings. The molecule has 5 unspecified atom stereocenters. The average Bonchev–Trinajstić information content (AvgIpc) is 3.01. The minimum Gasteiger partial charge on any atom is -0.462 e. The molecule has 0 aliphatic heterocycles. The van der Waals surface area contributed by atoms with E-state index >= 15 is 0 Å². The summed E-state index contributed by atoms with van der Waals surface area (Å²) in [6, 6.07) is 0. The number of Topliss-reactive ketones (excluding diaryl/α,β-unsaturated/α-hetero) is 2. The number of allylic oxidation sites excluding steroid dienone is 1. The molecule has 5 atom stereocenters. The Bertz CT molecular complexity index is 795. The predicted molar refractivity (Wildman–Crippen MR) is 107 cm³/mol. The maximum Gasteiger partial charge on any atom is 0.441 e. The van der Waals surface area contributed by atoms with E-state index in [1.54, 1.807) is 6.92 Å². The van der Waals surface area contributed by atoms with E-state index in [0.29, 0.717) is 19.3 Å². The number of carbonyl (C=O) groups is 4. The first-order valence-corrected chi connectivity index (χ1v) is 10.4. The molecular formula is C22H30N2O6. The normalized spacial score (nSPS) is 27.3.